The van der Waals surface area contributed by atoms with Crippen LogP contribution in [0.2, 0.25) is 6.04 Å². The molecule has 1 aromatic carbocycles. The summed E-state index contributed by atoms with van der Waals surface area (Å²) < 4.78 is 22.4. The molecule has 0 aliphatic carbocycles. The molecule has 1 rings (SSSR count). The third-order valence-corrected chi connectivity index (χ3v) is 5.75. The van der Waals surface area contributed by atoms with Gasteiger partial charge in [-0.2, -0.15) is 0 Å². The van der Waals surface area contributed by atoms with E-state index in [9.17, 15) is 4.79 Å². The smallest absolute Gasteiger partial charge is 0.462 e. The van der Waals surface area contributed by atoms with Crippen LogP contribution in [0.15, 0.2) is 30.3 Å². The topological polar surface area (TPSA) is 54.0 Å². The number of benzene rings is 1. The van der Waals surface area contributed by atoms with Crippen molar-refractivity contribution >= 4 is 14.8 Å². The molecule has 0 fully saturated rings. The normalized spacial score (nSPS) is 11.4. The second-order valence-corrected chi connectivity index (χ2v) is 6.97. The fraction of sp³-hybridized carbons (Fsp3) is 0.533. The van der Waals surface area contributed by atoms with E-state index in [2.05, 4.69) is 0 Å². The van der Waals surface area contributed by atoms with Crippen LogP contribution >= 0.6 is 0 Å². The van der Waals surface area contributed by atoms with Crippen LogP contribution in [0.5, 0.6) is 0 Å². The van der Waals surface area contributed by atoms with Gasteiger partial charge in [0.25, 0.3) is 0 Å². The van der Waals surface area contributed by atoms with E-state index in [1.807, 2.05) is 26.8 Å². The lowest BCUT2D eigenvalue weighted by Gasteiger charge is -2.28. The van der Waals surface area contributed by atoms with Gasteiger partial charge in [-0.25, -0.2) is 4.79 Å². The van der Waals surface area contributed by atoms with Crippen molar-refractivity contribution < 1.29 is 22.8 Å². The minimum Gasteiger partial charge on any atom is -0.462 e. The van der Waals surface area contributed by atoms with Crippen molar-refractivity contribution in [3.63, 3.8) is 0 Å². The number of carbonyl (C=O) groups is 1. The summed E-state index contributed by atoms with van der Waals surface area (Å²) in [6.07, 6.45) is 0. The summed E-state index contributed by atoms with van der Waals surface area (Å²) in [6.45, 7) is 7.46. The van der Waals surface area contributed by atoms with Crippen molar-refractivity contribution in [1.82, 2.24) is 0 Å². The number of ether oxygens (including phenoxy) is 1. The molecule has 1 aromatic rings. The van der Waals surface area contributed by atoms with Crippen LogP contribution in [0.3, 0.4) is 0 Å². The summed E-state index contributed by atoms with van der Waals surface area (Å²) >= 11 is 0. The van der Waals surface area contributed by atoms with Gasteiger partial charge in [0.1, 0.15) is 0 Å². The van der Waals surface area contributed by atoms with E-state index in [0.717, 1.165) is 0 Å². The molecule has 0 bridgehead atoms. The molecular formula is C15H24O5Si. The number of hydrogen-bond donors (Lipinski definition) is 0. The minimum absolute atomic E-state index is 0.222. The Morgan fingerprint density at radius 3 is 1.95 bits per heavy atom. The Morgan fingerprint density at radius 2 is 1.48 bits per heavy atom. The monoisotopic (exact) mass is 312 g/mol. The molecular weight excluding hydrogens is 288 g/mol. The molecule has 0 N–H and O–H groups in total. The second-order valence-electron chi connectivity index (χ2n) is 4.23. The van der Waals surface area contributed by atoms with Crippen LogP contribution < -0.4 is 0 Å². The lowest BCUT2D eigenvalue weighted by atomic mass is 10.2. The number of rotatable bonds is 10. The molecule has 0 atom stereocenters. The van der Waals surface area contributed by atoms with Crippen LogP contribution in [0.4, 0.5) is 0 Å². The third-order valence-electron chi connectivity index (χ3n) is 2.74. The molecule has 0 spiro atoms. The van der Waals surface area contributed by atoms with Gasteiger partial charge in [0.05, 0.1) is 18.2 Å². The van der Waals surface area contributed by atoms with E-state index < -0.39 is 8.80 Å². The first-order valence-corrected chi connectivity index (χ1v) is 9.24. The first-order chi connectivity index (χ1) is 10.2. The van der Waals surface area contributed by atoms with E-state index in [-0.39, 0.29) is 12.6 Å². The molecule has 0 aliphatic heterocycles. The SMILES string of the molecule is CCO[Si](CCOC(=O)c1ccccc1)(OCC)OCC. The van der Waals surface area contributed by atoms with Gasteiger partial charge >= 0.3 is 14.8 Å². The van der Waals surface area contributed by atoms with Gasteiger partial charge in [-0.05, 0) is 32.9 Å². The maximum atomic E-state index is 11.9. The highest BCUT2D eigenvalue weighted by Gasteiger charge is 2.40. The standard InChI is InChI=1S/C15H24O5Si/c1-4-18-21(19-5-2,20-6-3)13-12-17-15(16)14-10-8-7-9-11-14/h7-11H,4-6,12-13H2,1-3H3. The number of esters is 1. The molecule has 0 amide bonds. The van der Waals surface area contributed by atoms with E-state index >= 15 is 0 Å². The fourth-order valence-electron chi connectivity index (χ4n) is 1.93. The molecule has 0 saturated carbocycles. The molecule has 0 unspecified atom stereocenters. The lowest BCUT2D eigenvalue weighted by Crippen LogP contribution is -2.47. The summed E-state index contributed by atoms with van der Waals surface area (Å²) in [6, 6.07) is 9.36. The summed E-state index contributed by atoms with van der Waals surface area (Å²) in [4.78, 5) is 11.9. The molecule has 0 heterocycles. The van der Waals surface area contributed by atoms with Crippen LogP contribution in [-0.4, -0.2) is 41.2 Å². The maximum Gasteiger partial charge on any atom is 0.504 e. The largest absolute Gasteiger partial charge is 0.504 e. The lowest BCUT2D eigenvalue weighted by molar-refractivity contribution is 0.0436. The molecule has 6 heteroatoms. The first-order valence-electron chi connectivity index (χ1n) is 7.31. The van der Waals surface area contributed by atoms with E-state index in [1.165, 1.54) is 0 Å². The molecule has 118 valence electrons. The first kappa shape index (κ1) is 17.8. The van der Waals surface area contributed by atoms with Crippen molar-refractivity contribution in [3.8, 4) is 0 Å². The maximum absolute atomic E-state index is 11.9. The quantitative estimate of drug-likeness (QED) is 0.491. The van der Waals surface area contributed by atoms with Gasteiger partial charge in [-0.1, -0.05) is 18.2 Å². The van der Waals surface area contributed by atoms with E-state index in [1.54, 1.807) is 24.3 Å². The highest BCUT2D eigenvalue weighted by molar-refractivity contribution is 6.60. The van der Waals surface area contributed by atoms with Gasteiger partial charge in [0.15, 0.2) is 0 Å². The molecule has 0 aromatic heterocycles. The average molecular weight is 312 g/mol. The molecule has 0 aliphatic rings. The van der Waals surface area contributed by atoms with Gasteiger partial charge < -0.3 is 18.0 Å². The van der Waals surface area contributed by atoms with Crippen molar-refractivity contribution in [3.05, 3.63) is 35.9 Å². The zero-order valence-corrected chi connectivity index (χ0v) is 14.0. The molecule has 0 saturated heterocycles. The summed E-state index contributed by atoms with van der Waals surface area (Å²) in [5, 5.41) is 0. The van der Waals surface area contributed by atoms with Crippen LogP contribution in [0.1, 0.15) is 31.1 Å². The van der Waals surface area contributed by atoms with Crippen molar-refractivity contribution in [2.75, 3.05) is 26.4 Å². The Hall–Kier alpha value is -1.21. The predicted octanol–water partition coefficient (Wildman–Crippen LogP) is 2.89. The number of carbonyl (C=O) groups excluding carboxylic acids is 1. The van der Waals surface area contributed by atoms with Gasteiger partial charge in [-0.15, -0.1) is 0 Å². The average Bonchev–Trinajstić information content (AvgIpc) is 2.49. The van der Waals surface area contributed by atoms with Gasteiger partial charge in [0, 0.05) is 19.8 Å². The molecule has 21 heavy (non-hydrogen) atoms. The minimum atomic E-state index is -2.74. The van der Waals surface area contributed by atoms with E-state index in [0.29, 0.717) is 31.4 Å². The summed E-state index contributed by atoms with van der Waals surface area (Å²) in [5.41, 5.74) is 0.536. The number of hydrogen-bond acceptors (Lipinski definition) is 5. The van der Waals surface area contributed by atoms with Crippen molar-refractivity contribution in [2.24, 2.45) is 0 Å². The third kappa shape index (κ3) is 5.97. The highest BCUT2D eigenvalue weighted by Crippen LogP contribution is 2.16. The Labute approximate surface area is 127 Å². The fourth-order valence-corrected chi connectivity index (χ4v) is 4.28. The van der Waals surface area contributed by atoms with Gasteiger partial charge in [0.2, 0.25) is 0 Å². The van der Waals surface area contributed by atoms with Crippen molar-refractivity contribution in [2.45, 2.75) is 26.8 Å². The second kappa shape index (κ2) is 9.67. The Balaban J connectivity index is 2.54. The van der Waals surface area contributed by atoms with Crippen LogP contribution in [0.25, 0.3) is 0 Å². The highest BCUT2D eigenvalue weighted by atomic mass is 28.4. The van der Waals surface area contributed by atoms with Crippen LogP contribution in [-0.2, 0) is 18.0 Å². The zero-order valence-electron chi connectivity index (χ0n) is 13.0. The Morgan fingerprint density at radius 1 is 0.952 bits per heavy atom. The predicted molar refractivity (Wildman–Crippen MR) is 82.2 cm³/mol. The Kier molecular flexibility index (Phi) is 8.22. The molecule has 5 nitrogen and oxygen atoms in total. The Bertz CT molecular complexity index is 393. The molecule has 0 radical (unpaired) electrons. The summed E-state index contributed by atoms with van der Waals surface area (Å²) in [7, 11) is -2.74. The summed E-state index contributed by atoms with van der Waals surface area (Å²) in [5.74, 6) is -0.344. The zero-order chi connectivity index (χ0) is 15.6. The van der Waals surface area contributed by atoms with E-state index in [4.69, 9.17) is 18.0 Å². The van der Waals surface area contributed by atoms with Crippen LogP contribution in [0, 0.1) is 0 Å². The van der Waals surface area contributed by atoms with Crippen molar-refractivity contribution in [1.29, 1.82) is 0 Å². The van der Waals surface area contributed by atoms with Gasteiger partial charge in [-0.3, -0.25) is 0 Å².